The third-order valence-corrected chi connectivity index (χ3v) is 5.82. The van der Waals surface area contributed by atoms with Crippen LogP contribution in [0, 0.1) is 19.7 Å². The van der Waals surface area contributed by atoms with Gasteiger partial charge in [0.05, 0.1) is 21.4 Å². The molecule has 27 heavy (non-hydrogen) atoms. The summed E-state index contributed by atoms with van der Waals surface area (Å²) in [6.45, 7) is 5.84. The van der Waals surface area contributed by atoms with Crippen LogP contribution in [0.2, 0.25) is 0 Å². The van der Waals surface area contributed by atoms with Crippen molar-refractivity contribution >= 4 is 27.3 Å². The van der Waals surface area contributed by atoms with Crippen molar-refractivity contribution in [1.82, 2.24) is 4.57 Å². The van der Waals surface area contributed by atoms with Crippen LogP contribution < -0.4 is 10.9 Å². The normalized spacial score (nSPS) is 13.6. The highest BCUT2D eigenvalue weighted by Gasteiger charge is 2.16. The number of fused-ring (bicyclic) bond motifs is 1. The summed E-state index contributed by atoms with van der Waals surface area (Å²) in [6, 6.07) is 10.0. The van der Waals surface area contributed by atoms with E-state index in [1.165, 1.54) is 18.4 Å². The first-order valence-corrected chi connectivity index (χ1v) is 10.2. The molecule has 0 fully saturated rings. The molecular formula is C21H23FN2O2S. The molecule has 4 nitrogen and oxygen atoms in total. The molecule has 2 aromatic carbocycles. The first-order chi connectivity index (χ1) is 12.7. The number of hydrogen-bond donors (Lipinski definition) is 1. The quantitative estimate of drug-likeness (QED) is 0.731. The smallest absolute Gasteiger partial charge is 0.258 e. The summed E-state index contributed by atoms with van der Waals surface area (Å²) in [5.41, 5.74) is 3.44. The van der Waals surface area contributed by atoms with E-state index in [1.807, 2.05) is 39.0 Å². The summed E-state index contributed by atoms with van der Waals surface area (Å²) in [7, 11) is 0.445. The Kier molecular flexibility index (Phi) is 5.20. The Balaban J connectivity index is 2.13. The number of anilines is 1. The number of hydrogen-bond acceptors (Lipinski definition) is 3. The second-order valence-electron chi connectivity index (χ2n) is 6.93. The van der Waals surface area contributed by atoms with Gasteiger partial charge < -0.3 is 9.88 Å². The third-order valence-electron chi connectivity index (χ3n) is 4.87. The maximum atomic E-state index is 13.6. The SMILES string of the molecule is Cc1cc([C@@H](C)Nc2ccc(F)cc2S(C)=O)c2cc(C)n(C)c(=O)c2c1. The van der Waals surface area contributed by atoms with Crippen LogP contribution in [0.4, 0.5) is 10.1 Å². The number of pyridine rings is 1. The lowest BCUT2D eigenvalue weighted by molar-refractivity contribution is 0.622. The molecule has 0 saturated carbocycles. The first kappa shape index (κ1) is 19.3. The second kappa shape index (κ2) is 7.27. The molecule has 0 aliphatic rings. The Labute approximate surface area is 160 Å². The maximum absolute atomic E-state index is 13.6. The molecule has 0 spiro atoms. The minimum Gasteiger partial charge on any atom is -0.378 e. The fraction of sp³-hybridized carbons (Fsp3) is 0.286. The number of aryl methyl sites for hydroxylation is 2. The van der Waals surface area contributed by atoms with Gasteiger partial charge in [0.2, 0.25) is 0 Å². The lowest BCUT2D eigenvalue weighted by Crippen LogP contribution is -2.20. The Hall–Kier alpha value is -2.47. The van der Waals surface area contributed by atoms with Crippen LogP contribution in [0.15, 0.2) is 46.1 Å². The minimum absolute atomic E-state index is 0.0284. The molecule has 3 rings (SSSR count). The van der Waals surface area contributed by atoms with Gasteiger partial charge in [-0.15, -0.1) is 0 Å². The molecule has 0 amide bonds. The van der Waals surface area contributed by atoms with E-state index in [0.717, 1.165) is 22.2 Å². The van der Waals surface area contributed by atoms with Crippen LogP contribution in [0.5, 0.6) is 0 Å². The second-order valence-corrected chi connectivity index (χ2v) is 8.27. The van der Waals surface area contributed by atoms with Gasteiger partial charge in [-0.2, -0.15) is 0 Å². The van der Waals surface area contributed by atoms with Crippen molar-refractivity contribution in [1.29, 1.82) is 0 Å². The van der Waals surface area contributed by atoms with Crippen LogP contribution in [-0.4, -0.2) is 15.0 Å². The summed E-state index contributed by atoms with van der Waals surface area (Å²) in [5.74, 6) is -0.418. The lowest BCUT2D eigenvalue weighted by atomic mass is 9.97. The van der Waals surface area contributed by atoms with Crippen LogP contribution in [0.25, 0.3) is 10.8 Å². The zero-order valence-electron chi connectivity index (χ0n) is 16.1. The predicted octanol–water partition coefficient (Wildman–Crippen LogP) is 4.20. The molecular weight excluding hydrogens is 363 g/mol. The van der Waals surface area contributed by atoms with Gasteiger partial charge in [0, 0.05) is 30.4 Å². The number of rotatable bonds is 4. The molecule has 0 bridgehead atoms. The molecule has 0 aliphatic heterocycles. The predicted molar refractivity (Wildman–Crippen MR) is 109 cm³/mol. The average Bonchev–Trinajstić information content (AvgIpc) is 2.61. The van der Waals surface area contributed by atoms with E-state index in [1.54, 1.807) is 17.7 Å². The van der Waals surface area contributed by atoms with Crippen molar-refractivity contribution in [3.8, 4) is 0 Å². The summed E-state index contributed by atoms with van der Waals surface area (Å²) in [5, 5.41) is 4.90. The lowest BCUT2D eigenvalue weighted by Gasteiger charge is -2.21. The van der Waals surface area contributed by atoms with E-state index in [0.29, 0.717) is 16.0 Å². The fourth-order valence-corrected chi connectivity index (χ4v) is 4.05. The van der Waals surface area contributed by atoms with Crippen molar-refractivity contribution in [2.24, 2.45) is 7.05 Å². The van der Waals surface area contributed by atoms with E-state index in [9.17, 15) is 13.4 Å². The molecule has 1 heterocycles. The topological polar surface area (TPSA) is 51.1 Å². The Morgan fingerprint density at radius 1 is 1.11 bits per heavy atom. The van der Waals surface area contributed by atoms with Crippen molar-refractivity contribution < 1.29 is 8.60 Å². The zero-order chi connectivity index (χ0) is 19.9. The molecule has 6 heteroatoms. The molecule has 0 radical (unpaired) electrons. The number of aromatic nitrogens is 1. The monoisotopic (exact) mass is 386 g/mol. The van der Waals surface area contributed by atoms with Gasteiger partial charge in [0.25, 0.3) is 5.56 Å². The molecule has 1 aromatic heterocycles. The summed E-state index contributed by atoms with van der Waals surface area (Å²) < 4.78 is 27.2. The molecule has 0 aliphatic carbocycles. The van der Waals surface area contributed by atoms with E-state index >= 15 is 0 Å². The number of benzene rings is 2. The summed E-state index contributed by atoms with van der Waals surface area (Å²) in [4.78, 5) is 13.1. The first-order valence-electron chi connectivity index (χ1n) is 8.69. The van der Waals surface area contributed by atoms with Gasteiger partial charge in [0.15, 0.2) is 0 Å². The van der Waals surface area contributed by atoms with Gasteiger partial charge in [-0.25, -0.2) is 4.39 Å². The number of halogens is 1. The van der Waals surface area contributed by atoms with Crippen molar-refractivity contribution in [2.45, 2.75) is 31.7 Å². The van der Waals surface area contributed by atoms with Gasteiger partial charge in [0.1, 0.15) is 5.82 Å². The van der Waals surface area contributed by atoms with Crippen LogP contribution in [-0.2, 0) is 17.8 Å². The highest BCUT2D eigenvalue weighted by Crippen LogP contribution is 2.30. The fourth-order valence-electron chi connectivity index (χ4n) is 3.33. The maximum Gasteiger partial charge on any atom is 0.258 e. The molecule has 1 unspecified atom stereocenters. The van der Waals surface area contributed by atoms with Gasteiger partial charge >= 0.3 is 0 Å². The van der Waals surface area contributed by atoms with Crippen LogP contribution >= 0.6 is 0 Å². The Morgan fingerprint density at radius 2 is 1.81 bits per heavy atom. The molecule has 0 saturated heterocycles. The molecule has 3 aromatic rings. The standard InChI is InChI=1S/C21H23FN2O2S/c1-12-8-16(17-10-13(2)24(4)21(25)18(17)9-12)14(3)23-19-7-6-15(22)11-20(19)27(5)26/h6-11,14,23H,1-5H3/t14-,27?/m1/s1. The molecule has 1 N–H and O–H groups in total. The number of nitrogens with one attached hydrogen (secondary N) is 1. The highest BCUT2D eigenvalue weighted by atomic mass is 32.2. The van der Waals surface area contributed by atoms with Gasteiger partial charge in [-0.1, -0.05) is 6.07 Å². The summed E-state index contributed by atoms with van der Waals surface area (Å²) >= 11 is 0. The Morgan fingerprint density at radius 3 is 2.48 bits per heavy atom. The van der Waals surface area contributed by atoms with Gasteiger partial charge in [-0.05, 0) is 67.6 Å². The largest absolute Gasteiger partial charge is 0.378 e. The highest BCUT2D eigenvalue weighted by molar-refractivity contribution is 7.84. The zero-order valence-corrected chi connectivity index (χ0v) is 16.9. The minimum atomic E-state index is -1.32. The average molecular weight is 386 g/mol. The van der Waals surface area contributed by atoms with Crippen LogP contribution in [0.1, 0.15) is 29.8 Å². The Bertz CT molecular complexity index is 1120. The molecule has 142 valence electrons. The summed E-state index contributed by atoms with van der Waals surface area (Å²) in [6.07, 6.45) is 1.53. The third kappa shape index (κ3) is 3.67. The van der Waals surface area contributed by atoms with E-state index in [2.05, 4.69) is 5.32 Å². The van der Waals surface area contributed by atoms with Crippen molar-refractivity contribution in [3.05, 3.63) is 69.4 Å². The molecule has 2 atom stereocenters. The van der Waals surface area contributed by atoms with Crippen molar-refractivity contribution in [2.75, 3.05) is 11.6 Å². The van der Waals surface area contributed by atoms with E-state index in [-0.39, 0.29) is 11.6 Å². The van der Waals surface area contributed by atoms with Gasteiger partial charge in [-0.3, -0.25) is 9.00 Å². The van der Waals surface area contributed by atoms with E-state index < -0.39 is 16.6 Å². The van der Waals surface area contributed by atoms with Crippen LogP contribution in [0.3, 0.4) is 0 Å². The van der Waals surface area contributed by atoms with E-state index in [4.69, 9.17) is 0 Å². The van der Waals surface area contributed by atoms with Crippen molar-refractivity contribution in [3.63, 3.8) is 0 Å². The number of nitrogens with zero attached hydrogens (tertiary/aromatic N) is 1.